The molecule has 0 amide bonds. The Morgan fingerprint density at radius 2 is 2.17 bits per heavy atom. The molecule has 1 aromatic carbocycles. The van der Waals surface area contributed by atoms with Gasteiger partial charge in [-0.2, -0.15) is 0 Å². The van der Waals surface area contributed by atoms with E-state index in [0.717, 1.165) is 42.4 Å². The van der Waals surface area contributed by atoms with Crippen LogP contribution in [0.2, 0.25) is 0 Å². The third-order valence-corrected chi connectivity index (χ3v) is 3.54. The van der Waals surface area contributed by atoms with Crippen molar-refractivity contribution in [3.05, 3.63) is 30.5 Å². The van der Waals surface area contributed by atoms with Crippen LogP contribution in [0, 0.1) is 5.92 Å². The van der Waals surface area contributed by atoms with Gasteiger partial charge in [0.25, 0.3) is 0 Å². The Hall–Kier alpha value is -1.68. The molecule has 94 valence electrons. The Balaban J connectivity index is 1.82. The maximum Gasteiger partial charge on any atom is 0.147 e. The van der Waals surface area contributed by atoms with Gasteiger partial charge < -0.3 is 10.2 Å². The summed E-state index contributed by atoms with van der Waals surface area (Å²) in [5.41, 5.74) is 1.94. The normalized spacial score (nSPS) is 19.6. The number of hydrogen-bond acceptors (Lipinski definition) is 4. The highest BCUT2D eigenvalue weighted by atomic mass is 15.2. The molecule has 0 saturated carbocycles. The molecule has 1 aliphatic heterocycles. The van der Waals surface area contributed by atoms with Crippen LogP contribution < -0.4 is 10.2 Å². The van der Waals surface area contributed by atoms with Crippen LogP contribution in [-0.4, -0.2) is 36.6 Å². The van der Waals surface area contributed by atoms with E-state index in [0.29, 0.717) is 0 Å². The summed E-state index contributed by atoms with van der Waals surface area (Å²) in [6.45, 7) is 3.24. The van der Waals surface area contributed by atoms with Crippen molar-refractivity contribution < 1.29 is 0 Å². The number of benzene rings is 1. The quantitative estimate of drug-likeness (QED) is 0.889. The standard InChI is InChI=1S/C14H18N4/c1-15-8-11-6-7-18(10-11)14-9-16-12-4-2-3-5-13(12)17-14/h2-5,9,11,15H,6-8,10H2,1H3. The second-order valence-electron chi connectivity index (χ2n) is 4.88. The summed E-state index contributed by atoms with van der Waals surface area (Å²) in [6, 6.07) is 8.02. The number of aromatic nitrogens is 2. The van der Waals surface area contributed by atoms with Crippen LogP contribution in [0.25, 0.3) is 11.0 Å². The molecule has 4 nitrogen and oxygen atoms in total. The summed E-state index contributed by atoms with van der Waals surface area (Å²) in [4.78, 5) is 11.5. The topological polar surface area (TPSA) is 41.0 Å². The first-order valence-electron chi connectivity index (χ1n) is 6.48. The zero-order valence-electron chi connectivity index (χ0n) is 10.6. The smallest absolute Gasteiger partial charge is 0.147 e. The predicted molar refractivity (Wildman–Crippen MR) is 73.8 cm³/mol. The lowest BCUT2D eigenvalue weighted by atomic mass is 10.1. The number of nitrogens with one attached hydrogen (secondary N) is 1. The van der Waals surface area contributed by atoms with Crippen molar-refractivity contribution in [2.45, 2.75) is 6.42 Å². The molecular weight excluding hydrogens is 224 g/mol. The SMILES string of the molecule is CNCC1CCN(c2cnc3ccccc3n2)C1. The zero-order valence-corrected chi connectivity index (χ0v) is 10.6. The molecule has 0 spiro atoms. The zero-order chi connectivity index (χ0) is 12.4. The molecule has 0 aliphatic carbocycles. The molecule has 1 aliphatic rings. The van der Waals surface area contributed by atoms with Gasteiger partial charge in [-0.05, 0) is 38.1 Å². The molecule has 2 aromatic rings. The van der Waals surface area contributed by atoms with Crippen LogP contribution in [0.3, 0.4) is 0 Å². The van der Waals surface area contributed by atoms with E-state index < -0.39 is 0 Å². The summed E-state index contributed by atoms with van der Waals surface area (Å²) in [6.07, 6.45) is 3.12. The number of nitrogens with zero attached hydrogens (tertiary/aromatic N) is 3. The van der Waals surface area contributed by atoms with Gasteiger partial charge in [-0.1, -0.05) is 12.1 Å². The Morgan fingerprint density at radius 1 is 1.33 bits per heavy atom. The Morgan fingerprint density at radius 3 is 3.00 bits per heavy atom. The van der Waals surface area contributed by atoms with E-state index in [2.05, 4.69) is 15.2 Å². The largest absolute Gasteiger partial charge is 0.355 e. The van der Waals surface area contributed by atoms with Crippen molar-refractivity contribution in [3.63, 3.8) is 0 Å². The number of anilines is 1. The number of fused-ring (bicyclic) bond motifs is 1. The van der Waals surface area contributed by atoms with Gasteiger partial charge in [-0.3, -0.25) is 4.98 Å². The van der Waals surface area contributed by atoms with Gasteiger partial charge in [-0.25, -0.2) is 4.98 Å². The van der Waals surface area contributed by atoms with Crippen molar-refractivity contribution in [3.8, 4) is 0 Å². The van der Waals surface area contributed by atoms with Gasteiger partial charge in [0.15, 0.2) is 0 Å². The van der Waals surface area contributed by atoms with Crippen LogP contribution in [0.5, 0.6) is 0 Å². The van der Waals surface area contributed by atoms with Gasteiger partial charge in [0.2, 0.25) is 0 Å². The van der Waals surface area contributed by atoms with Gasteiger partial charge in [0, 0.05) is 13.1 Å². The lowest BCUT2D eigenvalue weighted by Gasteiger charge is -2.17. The summed E-state index contributed by atoms with van der Waals surface area (Å²) in [5.74, 6) is 1.73. The lowest BCUT2D eigenvalue weighted by Crippen LogP contribution is -2.25. The number of para-hydroxylation sites is 2. The molecule has 4 heteroatoms. The molecule has 0 bridgehead atoms. The first kappa shape index (κ1) is 11.4. The maximum absolute atomic E-state index is 4.69. The highest BCUT2D eigenvalue weighted by molar-refractivity contribution is 5.75. The van der Waals surface area contributed by atoms with Crippen molar-refractivity contribution in [1.29, 1.82) is 0 Å². The van der Waals surface area contributed by atoms with Crippen LogP contribution in [0.1, 0.15) is 6.42 Å². The molecule has 1 N–H and O–H groups in total. The molecule has 3 rings (SSSR count). The van der Waals surface area contributed by atoms with Gasteiger partial charge in [0.1, 0.15) is 5.82 Å². The molecular formula is C14H18N4. The molecule has 1 saturated heterocycles. The number of rotatable bonds is 3. The summed E-state index contributed by atoms with van der Waals surface area (Å²) in [5, 5.41) is 3.25. The van der Waals surface area contributed by atoms with Crippen LogP contribution in [-0.2, 0) is 0 Å². The first-order chi connectivity index (χ1) is 8.86. The molecule has 2 heterocycles. The molecule has 1 aromatic heterocycles. The molecule has 1 atom stereocenters. The maximum atomic E-state index is 4.69. The summed E-state index contributed by atoms with van der Waals surface area (Å²) < 4.78 is 0. The highest BCUT2D eigenvalue weighted by Gasteiger charge is 2.23. The highest BCUT2D eigenvalue weighted by Crippen LogP contribution is 2.22. The summed E-state index contributed by atoms with van der Waals surface area (Å²) in [7, 11) is 2.01. The van der Waals surface area contributed by atoms with E-state index in [1.165, 1.54) is 6.42 Å². The van der Waals surface area contributed by atoms with E-state index in [9.17, 15) is 0 Å². The van der Waals surface area contributed by atoms with E-state index >= 15 is 0 Å². The minimum absolute atomic E-state index is 0.725. The van der Waals surface area contributed by atoms with Gasteiger partial charge in [-0.15, -0.1) is 0 Å². The van der Waals surface area contributed by atoms with Crippen LogP contribution in [0.4, 0.5) is 5.82 Å². The van der Waals surface area contributed by atoms with E-state index in [4.69, 9.17) is 4.98 Å². The van der Waals surface area contributed by atoms with E-state index in [-0.39, 0.29) is 0 Å². The fraction of sp³-hybridized carbons (Fsp3) is 0.429. The predicted octanol–water partition coefficient (Wildman–Crippen LogP) is 1.68. The molecule has 1 fully saturated rings. The Kier molecular flexibility index (Phi) is 3.11. The first-order valence-corrected chi connectivity index (χ1v) is 6.48. The minimum Gasteiger partial charge on any atom is -0.355 e. The van der Waals surface area contributed by atoms with E-state index in [1.807, 2.05) is 37.5 Å². The average molecular weight is 242 g/mol. The van der Waals surface area contributed by atoms with Crippen LogP contribution in [0.15, 0.2) is 30.5 Å². The molecule has 0 radical (unpaired) electrons. The van der Waals surface area contributed by atoms with E-state index in [1.54, 1.807) is 0 Å². The van der Waals surface area contributed by atoms with Crippen molar-refractivity contribution in [2.75, 3.05) is 31.6 Å². The van der Waals surface area contributed by atoms with Crippen molar-refractivity contribution >= 4 is 16.9 Å². The minimum atomic E-state index is 0.725. The summed E-state index contributed by atoms with van der Waals surface area (Å²) >= 11 is 0. The Labute approximate surface area is 107 Å². The second kappa shape index (κ2) is 4.90. The van der Waals surface area contributed by atoms with Crippen molar-refractivity contribution in [1.82, 2.24) is 15.3 Å². The third kappa shape index (κ3) is 2.16. The van der Waals surface area contributed by atoms with Gasteiger partial charge in [0.05, 0.1) is 17.2 Å². The average Bonchev–Trinajstić information content (AvgIpc) is 2.87. The monoisotopic (exact) mass is 242 g/mol. The van der Waals surface area contributed by atoms with Crippen molar-refractivity contribution in [2.24, 2.45) is 5.92 Å². The van der Waals surface area contributed by atoms with Crippen LogP contribution >= 0.6 is 0 Å². The molecule has 1 unspecified atom stereocenters. The fourth-order valence-corrected chi connectivity index (χ4v) is 2.60. The lowest BCUT2D eigenvalue weighted by molar-refractivity contribution is 0.549. The van der Waals surface area contributed by atoms with Gasteiger partial charge >= 0.3 is 0 Å². The number of hydrogen-bond donors (Lipinski definition) is 1. The molecule has 18 heavy (non-hydrogen) atoms. The third-order valence-electron chi connectivity index (χ3n) is 3.54. The fourth-order valence-electron chi connectivity index (χ4n) is 2.60. The Bertz CT molecular complexity index is 540. The second-order valence-corrected chi connectivity index (χ2v) is 4.88.